The van der Waals surface area contributed by atoms with E-state index in [2.05, 4.69) is 10.4 Å². The number of hydrogen-bond acceptors (Lipinski definition) is 3. The average Bonchev–Trinajstić information content (AvgIpc) is 2.91. The van der Waals surface area contributed by atoms with Gasteiger partial charge in [0.15, 0.2) is 0 Å². The molecule has 0 aliphatic rings. The van der Waals surface area contributed by atoms with Crippen LogP contribution in [0.4, 0.5) is 10.1 Å². The number of anilines is 1. The molecular weight excluding hydrogens is 357 g/mol. The molecule has 28 heavy (non-hydrogen) atoms. The van der Waals surface area contributed by atoms with E-state index in [4.69, 9.17) is 4.74 Å². The van der Waals surface area contributed by atoms with Gasteiger partial charge in [-0.2, -0.15) is 5.10 Å². The van der Waals surface area contributed by atoms with Crippen LogP contribution in [0.3, 0.4) is 0 Å². The van der Waals surface area contributed by atoms with E-state index < -0.39 is 0 Å². The summed E-state index contributed by atoms with van der Waals surface area (Å²) >= 11 is 0. The zero-order valence-corrected chi connectivity index (χ0v) is 16.3. The van der Waals surface area contributed by atoms with Crippen molar-refractivity contribution in [1.82, 2.24) is 9.78 Å². The first kappa shape index (κ1) is 19.6. The van der Waals surface area contributed by atoms with Crippen molar-refractivity contribution in [2.75, 3.05) is 5.32 Å². The van der Waals surface area contributed by atoms with Gasteiger partial charge in [-0.15, -0.1) is 0 Å². The Labute approximate surface area is 164 Å². The van der Waals surface area contributed by atoms with Crippen LogP contribution in [0.1, 0.15) is 28.9 Å². The van der Waals surface area contributed by atoms with E-state index in [-0.39, 0.29) is 11.7 Å². The predicted molar refractivity (Wildman–Crippen MR) is 107 cm³/mol. The van der Waals surface area contributed by atoms with Gasteiger partial charge in [0.2, 0.25) is 5.91 Å². The fourth-order valence-corrected chi connectivity index (χ4v) is 3.05. The number of aryl methyl sites for hydroxylation is 2. The average molecular weight is 381 g/mol. The summed E-state index contributed by atoms with van der Waals surface area (Å²) in [5, 5.41) is 7.29. The van der Waals surface area contributed by atoms with Gasteiger partial charge in [0, 0.05) is 30.9 Å². The molecule has 1 amide bonds. The molecule has 3 aromatic rings. The molecule has 0 unspecified atom stereocenters. The molecule has 0 bridgehead atoms. The molecule has 1 aromatic heterocycles. The highest BCUT2D eigenvalue weighted by molar-refractivity contribution is 5.91. The molecule has 6 heteroatoms. The second-order valence-electron chi connectivity index (χ2n) is 6.76. The Morgan fingerprint density at radius 2 is 1.93 bits per heavy atom. The number of benzene rings is 2. The number of carbonyl (C=O) groups excluding carboxylic acids is 1. The Bertz CT molecular complexity index is 964. The van der Waals surface area contributed by atoms with Gasteiger partial charge in [-0.1, -0.05) is 18.2 Å². The van der Waals surface area contributed by atoms with Crippen LogP contribution in [-0.2, 0) is 24.9 Å². The van der Waals surface area contributed by atoms with Gasteiger partial charge >= 0.3 is 0 Å². The van der Waals surface area contributed by atoms with Crippen molar-refractivity contribution in [2.45, 2.75) is 33.3 Å². The lowest BCUT2D eigenvalue weighted by Gasteiger charge is -2.10. The lowest BCUT2D eigenvalue weighted by atomic mass is 10.1. The molecule has 0 aliphatic carbocycles. The summed E-state index contributed by atoms with van der Waals surface area (Å²) in [6.07, 6.45) is 1.03. The van der Waals surface area contributed by atoms with E-state index in [0.717, 1.165) is 22.5 Å². The van der Waals surface area contributed by atoms with Crippen LogP contribution in [0.2, 0.25) is 0 Å². The van der Waals surface area contributed by atoms with Gasteiger partial charge in [0.25, 0.3) is 0 Å². The lowest BCUT2D eigenvalue weighted by molar-refractivity contribution is -0.116. The first-order valence-corrected chi connectivity index (χ1v) is 9.18. The van der Waals surface area contributed by atoms with Crippen molar-refractivity contribution in [1.29, 1.82) is 0 Å². The van der Waals surface area contributed by atoms with Crippen LogP contribution in [0.25, 0.3) is 0 Å². The Hall–Kier alpha value is -3.15. The van der Waals surface area contributed by atoms with Crippen molar-refractivity contribution < 1.29 is 13.9 Å². The van der Waals surface area contributed by atoms with Crippen molar-refractivity contribution in [3.8, 4) is 5.75 Å². The SMILES string of the molecule is Cc1nn(C)c(C)c1CCC(=O)Nc1cccc(OCc2ccc(F)cc2)c1. The van der Waals surface area contributed by atoms with Gasteiger partial charge in [-0.05, 0) is 55.7 Å². The van der Waals surface area contributed by atoms with Gasteiger partial charge < -0.3 is 10.1 Å². The van der Waals surface area contributed by atoms with E-state index in [1.807, 2.05) is 43.8 Å². The van der Waals surface area contributed by atoms with Crippen molar-refractivity contribution >= 4 is 11.6 Å². The number of ether oxygens (including phenoxy) is 1. The van der Waals surface area contributed by atoms with E-state index in [0.29, 0.717) is 30.9 Å². The minimum Gasteiger partial charge on any atom is -0.489 e. The quantitative estimate of drug-likeness (QED) is 0.663. The number of hydrogen-bond donors (Lipinski definition) is 1. The molecule has 1 N–H and O–H groups in total. The molecule has 0 atom stereocenters. The van der Waals surface area contributed by atoms with Gasteiger partial charge in [0.1, 0.15) is 18.2 Å². The number of halogens is 1. The van der Waals surface area contributed by atoms with E-state index in [1.165, 1.54) is 12.1 Å². The van der Waals surface area contributed by atoms with E-state index in [1.54, 1.807) is 18.2 Å². The Kier molecular flexibility index (Phi) is 6.09. The summed E-state index contributed by atoms with van der Waals surface area (Å²) in [5.74, 6) is 0.310. The fraction of sp³-hybridized carbons (Fsp3) is 0.273. The van der Waals surface area contributed by atoms with Crippen molar-refractivity contribution in [3.05, 3.63) is 76.9 Å². The second kappa shape index (κ2) is 8.69. The molecule has 2 aromatic carbocycles. The lowest BCUT2D eigenvalue weighted by Crippen LogP contribution is -2.12. The number of aromatic nitrogens is 2. The third-order valence-electron chi connectivity index (χ3n) is 4.70. The van der Waals surface area contributed by atoms with E-state index in [9.17, 15) is 9.18 Å². The smallest absolute Gasteiger partial charge is 0.224 e. The summed E-state index contributed by atoms with van der Waals surface area (Å²) in [6, 6.07) is 13.4. The molecule has 3 rings (SSSR count). The van der Waals surface area contributed by atoms with Gasteiger partial charge in [-0.3, -0.25) is 9.48 Å². The minimum absolute atomic E-state index is 0.0571. The highest BCUT2D eigenvalue weighted by Crippen LogP contribution is 2.20. The van der Waals surface area contributed by atoms with Crippen LogP contribution < -0.4 is 10.1 Å². The monoisotopic (exact) mass is 381 g/mol. The van der Waals surface area contributed by atoms with Crippen LogP contribution in [0, 0.1) is 19.7 Å². The molecule has 0 aliphatic heterocycles. The summed E-state index contributed by atoms with van der Waals surface area (Å²) < 4.78 is 20.5. The molecule has 0 spiro atoms. The molecule has 5 nitrogen and oxygen atoms in total. The third kappa shape index (κ3) is 4.97. The molecule has 0 saturated carbocycles. The highest BCUT2D eigenvalue weighted by atomic mass is 19.1. The molecule has 0 saturated heterocycles. The maximum Gasteiger partial charge on any atom is 0.224 e. The number of rotatable bonds is 7. The first-order valence-electron chi connectivity index (χ1n) is 9.18. The number of nitrogens with zero attached hydrogens (tertiary/aromatic N) is 2. The molecule has 0 fully saturated rings. The van der Waals surface area contributed by atoms with Crippen molar-refractivity contribution in [2.24, 2.45) is 7.05 Å². The van der Waals surface area contributed by atoms with Crippen LogP contribution in [-0.4, -0.2) is 15.7 Å². The normalized spacial score (nSPS) is 10.7. The van der Waals surface area contributed by atoms with Gasteiger partial charge in [0.05, 0.1) is 5.69 Å². The summed E-state index contributed by atoms with van der Waals surface area (Å²) in [7, 11) is 1.91. The number of nitrogens with one attached hydrogen (secondary N) is 1. The van der Waals surface area contributed by atoms with Crippen LogP contribution in [0.15, 0.2) is 48.5 Å². The Morgan fingerprint density at radius 1 is 1.18 bits per heavy atom. The van der Waals surface area contributed by atoms with Gasteiger partial charge in [-0.25, -0.2) is 4.39 Å². The number of carbonyl (C=O) groups is 1. The maximum atomic E-state index is 13.0. The Balaban J connectivity index is 1.54. The standard InChI is InChI=1S/C22H24FN3O2/c1-15-21(16(2)26(3)25-15)11-12-22(27)24-19-5-4-6-20(13-19)28-14-17-7-9-18(23)10-8-17/h4-10,13H,11-12,14H2,1-3H3,(H,24,27). The third-order valence-corrected chi connectivity index (χ3v) is 4.70. The van der Waals surface area contributed by atoms with Crippen molar-refractivity contribution in [3.63, 3.8) is 0 Å². The predicted octanol–water partition coefficient (Wildman–Crippen LogP) is 4.33. The largest absolute Gasteiger partial charge is 0.489 e. The molecule has 146 valence electrons. The first-order chi connectivity index (χ1) is 13.4. The topological polar surface area (TPSA) is 56.2 Å². The zero-order chi connectivity index (χ0) is 20.1. The molecule has 1 heterocycles. The zero-order valence-electron chi connectivity index (χ0n) is 16.3. The van der Waals surface area contributed by atoms with E-state index >= 15 is 0 Å². The van der Waals surface area contributed by atoms with Crippen LogP contribution >= 0.6 is 0 Å². The minimum atomic E-state index is -0.273. The second-order valence-corrected chi connectivity index (χ2v) is 6.76. The van der Waals surface area contributed by atoms with Crippen LogP contribution in [0.5, 0.6) is 5.75 Å². The summed E-state index contributed by atoms with van der Waals surface area (Å²) in [5.41, 5.74) is 4.72. The Morgan fingerprint density at radius 3 is 2.61 bits per heavy atom. The highest BCUT2D eigenvalue weighted by Gasteiger charge is 2.11. The summed E-state index contributed by atoms with van der Waals surface area (Å²) in [6.45, 7) is 4.30. The molecule has 0 radical (unpaired) electrons. The maximum absolute atomic E-state index is 13.0. The summed E-state index contributed by atoms with van der Waals surface area (Å²) in [4.78, 5) is 12.3. The number of amides is 1. The fourth-order valence-electron chi connectivity index (χ4n) is 3.05. The molecular formula is C22H24FN3O2.